The van der Waals surface area contributed by atoms with Crippen LogP contribution in [0.4, 0.5) is 26.3 Å². The number of nitrogens with zero attached hydrogens (tertiary/aromatic N) is 3. The van der Waals surface area contributed by atoms with Gasteiger partial charge < -0.3 is 9.80 Å². The molecule has 0 N–H and O–H groups in total. The highest BCUT2D eigenvalue weighted by molar-refractivity contribution is 5.82. The molecule has 4 aliphatic rings. The molecule has 4 atom stereocenters. The Bertz CT molecular complexity index is 785. The van der Waals surface area contributed by atoms with Crippen molar-refractivity contribution in [2.24, 2.45) is 23.7 Å². The second kappa shape index (κ2) is 14.0. The van der Waals surface area contributed by atoms with Gasteiger partial charge in [0.1, 0.15) is 0 Å². The van der Waals surface area contributed by atoms with Crippen molar-refractivity contribution in [3.63, 3.8) is 0 Å². The van der Waals surface area contributed by atoms with E-state index in [9.17, 15) is 31.1 Å². The smallest absolute Gasteiger partial charge is 0.344 e. The lowest BCUT2D eigenvalue weighted by atomic mass is 9.71. The summed E-state index contributed by atoms with van der Waals surface area (Å²) < 4.78 is 80.5. The third-order valence-corrected chi connectivity index (χ3v) is 10.5. The highest BCUT2D eigenvalue weighted by atomic mass is 19.4. The van der Waals surface area contributed by atoms with Gasteiger partial charge in [0, 0.05) is 32.7 Å². The molecule has 4 fully saturated rings. The van der Waals surface area contributed by atoms with E-state index in [1.807, 2.05) is 0 Å². The first-order valence-corrected chi connectivity index (χ1v) is 15.8. The molecule has 10 heteroatoms. The van der Waals surface area contributed by atoms with E-state index in [1.54, 1.807) is 11.9 Å². The summed E-state index contributed by atoms with van der Waals surface area (Å²) in [4.78, 5) is 20.6. The molecule has 2 aliphatic carbocycles. The molecule has 0 spiro atoms. The first kappa shape index (κ1) is 31.9. The van der Waals surface area contributed by atoms with Crippen LogP contribution in [0.15, 0.2) is 0 Å². The minimum absolute atomic E-state index is 0.0662. The maximum atomic E-state index is 13.9. The molecular formula is C30H49F6N3O. The van der Waals surface area contributed by atoms with Crippen LogP contribution in [-0.4, -0.2) is 84.8 Å². The van der Waals surface area contributed by atoms with E-state index in [4.69, 9.17) is 0 Å². The van der Waals surface area contributed by atoms with Crippen LogP contribution in [0.5, 0.6) is 0 Å². The molecule has 0 aromatic heterocycles. The second-order valence-electron chi connectivity index (χ2n) is 13.1. The fraction of sp³-hybridized carbons (Fsp3) is 0.967. The number of hydrogen-bond donors (Lipinski definition) is 0. The van der Waals surface area contributed by atoms with E-state index in [2.05, 4.69) is 9.80 Å². The first-order chi connectivity index (χ1) is 18.9. The average molecular weight is 582 g/mol. The molecule has 4 unspecified atom stereocenters. The molecule has 4 nitrogen and oxygen atoms in total. The predicted octanol–water partition coefficient (Wildman–Crippen LogP) is 7.28. The molecule has 2 saturated carbocycles. The Morgan fingerprint density at radius 1 is 0.800 bits per heavy atom. The highest BCUT2D eigenvalue weighted by Gasteiger charge is 2.53. The number of amides is 1. The molecule has 40 heavy (non-hydrogen) atoms. The predicted molar refractivity (Wildman–Crippen MR) is 144 cm³/mol. The third-order valence-electron chi connectivity index (χ3n) is 10.5. The number of rotatable bonds is 8. The number of likely N-dealkylation sites (tertiary alicyclic amines) is 2. The zero-order valence-electron chi connectivity index (χ0n) is 24.1. The zero-order valence-corrected chi connectivity index (χ0v) is 24.1. The largest absolute Gasteiger partial charge is 0.392 e. The minimum atomic E-state index is -4.64. The summed E-state index contributed by atoms with van der Waals surface area (Å²) >= 11 is 0. The topological polar surface area (TPSA) is 26.8 Å². The van der Waals surface area contributed by atoms with Gasteiger partial charge in [-0.3, -0.25) is 9.69 Å². The lowest BCUT2D eigenvalue weighted by molar-refractivity contribution is -0.234. The average Bonchev–Trinajstić information content (AvgIpc) is 2.93. The van der Waals surface area contributed by atoms with E-state index in [0.29, 0.717) is 24.9 Å². The SMILES string of the molecule is CN(CCCC1CCC(C(F)(F)F)CC1C(F)(F)F)C(=O)C(C1CCCCC1)N1CCC(N2CCCCC2)CC1. The number of hydrogen-bond acceptors (Lipinski definition) is 3. The highest BCUT2D eigenvalue weighted by Crippen LogP contribution is 2.49. The molecule has 0 radical (unpaired) electrons. The summed E-state index contributed by atoms with van der Waals surface area (Å²) in [7, 11) is 1.75. The van der Waals surface area contributed by atoms with Crippen LogP contribution < -0.4 is 0 Å². The molecule has 0 aromatic carbocycles. The van der Waals surface area contributed by atoms with E-state index < -0.39 is 36.5 Å². The summed E-state index contributed by atoms with van der Waals surface area (Å²) in [6.45, 7) is 4.49. The Kier molecular flexibility index (Phi) is 11.1. The lowest BCUT2D eigenvalue weighted by Gasteiger charge is -2.45. The number of alkyl halides is 6. The van der Waals surface area contributed by atoms with Gasteiger partial charge in [-0.25, -0.2) is 0 Å². The van der Waals surface area contributed by atoms with Crippen LogP contribution in [0.25, 0.3) is 0 Å². The van der Waals surface area contributed by atoms with Gasteiger partial charge in [-0.2, -0.15) is 26.3 Å². The Balaban J connectivity index is 1.33. The van der Waals surface area contributed by atoms with E-state index >= 15 is 0 Å². The molecule has 4 rings (SSSR count). The lowest BCUT2D eigenvalue weighted by Crippen LogP contribution is -2.56. The molecule has 2 saturated heterocycles. The monoisotopic (exact) mass is 581 g/mol. The van der Waals surface area contributed by atoms with Crippen LogP contribution >= 0.6 is 0 Å². The van der Waals surface area contributed by atoms with Crippen LogP contribution in [0.3, 0.4) is 0 Å². The Hall–Kier alpha value is -1.03. The maximum Gasteiger partial charge on any atom is 0.392 e. The van der Waals surface area contributed by atoms with Crippen molar-refractivity contribution < 1.29 is 31.1 Å². The summed E-state index contributed by atoms with van der Waals surface area (Å²) in [6, 6.07) is 0.406. The molecular weight excluding hydrogens is 532 g/mol. The van der Waals surface area contributed by atoms with Gasteiger partial charge in [-0.05, 0) is 95.6 Å². The van der Waals surface area contributed by atoms with Crippen LogP contribution in [0.2, 0.25) is 0 Å². The van der Waals surface area contributed by atoms with E-state index in [-0.39, 0.29) is 31.2 Å². The van der Waals surface area contributed by atoms with Crippen molar-refractivity contribution in [1.29, 1.82) is 0 Å². The van der Waals surface area contributed by atoms with Crippen molar-refractivity contribution in [2.45, 2.75) is 121 Å². The van der Waals surface area contributed by atoms with Crippen molar-refractivity contribution >= 4 is 5.91 Å². The van der Waals surface area contributed by atoms with Crippen molar-refractivity contribution in [3.8, 4) is 0 Å². The maximum absolute atomic E-state index is 13.9. The van der Waals surface area contributed by atoms with Crippen LogP contribution in [0, 0.1) is 23.7 Å². The Labute approximate surface area is 236 Å². The number of carbonyl (C=O) groups excluding carboxylic acids is 1. The molecule has 2 aliphatic heterocycles. The Morgan fingerprint density at radius 3 is 2.02 bits per heavy atom. The van der Waals surface area contributed by atoms with Crippen molar-refractivity contribution in [1.82, 2.24) is 14.7 Å². The van der Waals surface area contributed by atoms with E-state index in [0.717, 1.165) is 51.6 Å². The van der Waals surface area contributed by atoms with Gasteiger partial charge in [-0.1, -0.05) is 25.7 Å². The van der Waals surface area contributed by atoms with Gasteiger partial charge in [0.15, 0.2) is 0 Å². The van der Waals surface area contributed by atoms with Gasteiger partial charge in [0.05, 0.1) is 17.9 Å². The molecule has 0 aromatic rings. The fourth-order valence-electron chi connectivity index (χ4n) is 8.12. The number of halogens is 6. The first-order valence-electron chi connectivity index (χ1n) is 15.8. The summed E-state index contributed by atoms with van der Waals surface area (Å²) in [5, 5.41) is 0. The standard InChI is InChI=1S/C30H49F6N3O/c1-37(16-8-11-22-12-13-24(29(31,32)33)21-26(22)30(34,35)36)28(40)27(23-9-4-2-5-10-23)39-19-14-25(15-20-39)38-17-6-3-7-18-38/h22-27H,2-21H2,1H3. The molecule has 1 amide bonds. The minimum Gasteiger partial charge on any atom is -0.344 e. The molecule has 232 valence electrons. The second-order valence-corrected chi connectivity index (χ2v) is 13.1. The van der Waals surface area contributed by atoms with Gasteiger partial charge in [-0.15, -0.1) is 0 Å². The third kappa shape index (κ3) is 8.29. The molecule has 2 heterocycles. The normalized spacial score (nSPS) is 29.8. The summed E-state index contributed by atoms with van der Waals surface area (Å²) in [5.74, 6) is -4.25. The molecule has 0 bridgehead atoms. The number of carbonyl (C=O) groups is 1. The summed E-state index contributed by atoms with van der Waals surface area (Å²) in [6.07, 6.45) is 1.67. The van der Waals surface area contributed by atoms with Crippen LogP contribution in [0.1, 0.15) is 96.3 Å². The van der Waals surface area contributed by atoms with Crippen molar-refractivity contribution in [2.75, 3.05) is 39.8 Å². The van der Waals surface area contributed by atoms with Crippen molar-refractivity contribution in [3.05, 3.63) is 0 Å². The van der Waals surface area contributed by atoms with E-state index in [1.165, 1.54) is 38.8 Å². The Morgan fingerprint density at radius 2 is 1.43 bits per heavy atom. The summed E-state index contributed by atoms with van der Waals surface area (Å²) in [5.41, 5.74) is 0. The quantitative estimate of drug-likeness (QED) is 0.282. The zero-order chi connectivity index (χ0) is 28.9. The fourth-order valence-corrected chi connectivity index (χ4v) is 8.12. The van der Waals surface area contributed by atoms with Crippen LogP contribution in [-0.2, 0) is 4.79 Å². The number of piperidine rings is 2. The van der Waals surface area contributed by atoms with Gasteiger partial charge in [0.25, 0.3) is 0 Å². The number of likely N-dealkylation sites (N-methyl/N-ethyl adjacent to an activating group) is 1. The van der Waals surface area contributed by atoms with Gasteiger partial charge in [0.2, 0.25) is 5.91 Å². The van der Waals surface area contributed by atoms with Gasteiger partial charge >= 0.3 is 12.4 Å².